The van der Waals surface area contributed by atoms with E-state index < -0.39 is 5.60 Å². The van der Waals surface area contributed by atoms with Gasteiger partial charge < -0.3 is 20.2 Å². The zero-order chi connectivity index (χ0) is 12.4. The molecule has 6 nitrogen and oxygen atoms in total. The molecule has 0 aliphatic carbocycles. The molecule has 1 amide bonds. The van der Waals surface area contributed by atoms with Gasteiger partial charge in [0.1, 0.15) is 5.60 Å². The fourth-order valence-corrected chi connectivity index (χ4v) is 0.973. The number of alkyl carbamates (subject to hydrolysis) is 1. The zero-order valence-electron chi connectivity index (χ0n) is 10.3. The highest BCUT2D eigenvalue weighted by atomic mass is 16.6. The summed E-state index contributed by atoms with van der Waals surface area (Å²) in [5.74, 6) is 4.87. The first-order valence-electron chi connectivity index (χ1n) is 5.45. The van der Waals surface area contributed by atoms with E-state index in [0.717, 1.165) is 13.0 Å². The average molecular weight is 233 g/mol. The maximum atomic E-state index is 11.2. The van der Waals surface area contributed by atoms with E-state index >= 15 is 0 Å². The van der Waals surface area contributed by atoms with Crippen molar-refractivity contribution < 1.29 is 14.4 Å². The summed E-state index contributed by atoms with van der Waals surface area (Å²) < 4.78 is 5.07. The first-order valence-corrected chi connectivity index (χ1v) is 5.45. The van der Waals surface area contributed by atoms with E-state index in [2.05, 4.69) is 15.5 Å². The summed E-state index contributed by atoms with van der Waals surface area (Å²) >= 11 is 0. The highest BCUT2D eigenvalue weighted by molar-refractivity contribution is 5.67. The van der Waals surface area contributed by atoms with Crippen LogP contribution in [0.25, 0.3) is 0 Å². The lowest BCUT2D eigenvalue weighted by molar-refractivity contribution is 0.0528. The van der Waals surface area contributed by atoms with Crippen LogP contribution in [0.15, 0.2) is 0 Å². The van der Waals surface area contributed by atoms with Gasteiger partial charge in [-0.1, -0.05) is 0 Å². The van der Waals surface area contributed by atoms with Crippen molar-refractivity contribution in [1.82, 2.24) is 10.6 Å². The van der Waals surface area contributed by atoms with Crippen LogP contribution in [-0.2, 0) is 9.57 Å². The molecule has 4 N–H and O–H groups in total. The first kappa shape index (κ1) is 15.2. The van der Waals surface area contributed by atoms with Crippen molar-refractivity contribution in [1.29, 1.82) is 0 Å². The molecule has 0 aromatic heterocycles. The van der Waals surface area contributed by atoms with Crippen molar-refractivity contribution in [2.45, 2.75) is 32.8 Å². The van der Waals surface area contributed by atoms with Crippen LogP contribution < -0.4 is 16.5 Å². The second-order valence-corrected chi connectivity index (χ2v) is 4.40. The molecule has 0 aromatic carbocycles. The summed E-state index contributed by atoms with van der Waals surface area (Å²) in [6.07, 6.45) is 0.461. The fraction of sp³-hybridized carbons (Fsp3) is 0.900. The lowest BCUT2D eigenvalue weighted by Crippen LogP contribution is -2.36. The number of carbonyl (C=O) groups is 1. The molecule has 16 heavy (non-hydrogen) atoms. The third kappa shape index (κ3) is 11.2. The van der Waals surface area contributed by atoms with Gasteiger partial charge in [0, 0.05) is 13.1 Å². The third-order valence-electron chi connectivity index (χ3n) is 1.59. The van der Waals surface area contributed by atoms with Crippen molar-refractivity contribution in [3.05, 3.63) is 0 Å². The second-order valence-electron chi connectivity index (χ2n) is 4.40. The van der Waals surface area contributed by atoms with Crippen LogP contribution in [0.2, 0.25) is 0 Å². The molecule has 96 valence electrons. The molecule has 0 aliphatic heterocycles. The van der Waals surface area contributed by atoms with Crippen molar-refractivity contribution in [2.24, 2.45) is 5.90 Å². The summed E-state index contributed by atoms with van der Waals surface area (Å²) in [5.41, 5.74) is -0.448. The number of rotatable bonds is 7. The number of nitrogens with one attached hydrogen (secondary N) is 2. The standard InChI is InChI=1S/C10H23N3O3/c1-10(2,3)16-9(14)13-7-6-12-5-4-8-15-11/h12H,4-8,11H2,1-3H3,(H,13,14). The Morgan fingerprint density at radius 3 is 2.50 bits per heavy atom. The Bertz CT molecular complexity index is 192. The Balaban J connectivity index is 3.28. The zero-order valence-corrected chi connectivity index (χ0v) is 10.3. The molecule has 0 saturated carbocycles. The normalized spacial score (nSPS) is 11.2. The quantitative estimate of drug-likeness (QED) is 0.437. The molecule has 0 saturated heterocycles. The second kappa shape index (κ2) is 8.32. The maximum Gasteiger partial charge on any atom is 0.407 e. The molecular weight excluding hydrogens is 210 g/mol. The number of nitrogens with two attached hydrogens (primary N) is 1. The Hall–Kier alpha value is -0.850. The van der Waals surface area contributed by atoms with Crippen molar-refractivity contribution in [3.63, 3.8) is 0 Å². The Labute approximate surface area is 96.8 Å². The summed E-state index contributed by atoms with van der Waals surface area (Å²) in [4.78, 5) is 15.6. The minimum Gasteiger partial charge on any atom is -0.444 e. The summed E-state index contributed by atoms with van der Waals surface area (Å²) in [6, 6.07) is 0. The van der Waals surface area contributed by atoms with Gasteiger partial charge in [0.05, 0.1) is 6.61 Å². The van der Waals surface area contributed by atoms with Gasteiger partial charge in [-0.15, -0.1) is 0 Å². The van der Waals surface area contributed by atoms with Crippen LogP contribution in [0.4, 0.5) is 4.79 Å². The van der Waals surface area contributed by atoms with Gasteiger partial charge in [-0.05, 0) is 33.7 Å². The highest BCUT2D eigenvalue weighted by Crippen LogP contribution is 2.05. The van der Waals surface area contributed by atoms with Crippen molar-refractivity contribution >= 4 is 6.09 Å². The number of ether oxygens (including phenoxy) is 1. The van der Waals surface area contributed by atoms with E-state index in [9.17, 15) is 4.79 Å². The lowest BCUT2D eigenvalue weighted by atomic mass is 10.2. The summed E-state index contributed by atoms with van der Waals surface area (Å²) in [7, 11) is 0. The molecule has 0 radical (unpaired) electrons. The molecule has 0 aliphatic rings. The van der Waals surface area contributed by atoms with Gasteiger partial charge in [-0.25, -0.2) is 10.7 Å². The lowest BCUT2D eigenvalue weighted by Gasteiger charge is -2.19. The van der Waals surface area contributed by atoms with E-state index in [1.165, 1.54) is 0 Å². The molecule has 6 heteroatoms. The Morgan fingerprint density at radius 2 is 1.94 bits per heavy atom. The number of hydrogen-bond donors (Lipinski definition) is 3. The van der Waals surface area contributed by atoms with Crippen LogP contribution in [0.5, 0.6) is 0 Å². The van der Waals surface area contributed by atoms with Gasteiger partial charge in [-0.2, -0.15) is 0 Å². The van der Waals surface area contributed by atoms with Crippen LogP contribution >= 0.6 is 0 Å². The third-order valence-corrected chi connectivity index (χ3v) is 1.59. The van der Waals surface area contributed by atoms with E-state index in [1.54, 1.807) is 0 Å². The van der Waals surface area contributed by atoms with E-state index in [4.69, 9.17) is 10.6 Å². The van der Waals surface area contributed by atoms with Crippen LogP contribution in [0.3, 0.4) is 0 Å². The SMILES string of the molecule is CC(C)(C)OC(=O)NCCNCCCON. The number of hydrogen-bond acceptors (Lipinski definition) is 5. The van der Waals surface area contributed by atoms with Gasteiger partial charge in [0.15, 0.2) is 0 Å². The van der Waals surface area contributed by atoms with E-state index in [0.29, 0.717) is 19.7 Å². The molecule has 0 unspecified atom stereocenters. The van der Waals surface area contributed by atoms with E-state index in [-0.39, 0.29) is 6.09 Å². The smallest absolute Gasteiger partial charge is 0.407 e. The molecule has 0 rings (SSSR count). The topological polar surface area (TPSA) is 85.6 Å². The molecule has 0 fully saturated rings. The van der Waals surface area contributed by atoms with Gasteiger partial charge in [0.2, 0.25) is 0 Å². The Kier molecular flexibility index (Phi) is 7.88. The van der Waals surface area contributed by atoms with Gasteiger partial charge >= 0.3 is 6.09 Å². The predicted octanol–water partition coefficient (Wildman–Crippen LogP) is 0.381. The molecular formula is C10H23N3O3. The first-order chi connectivity index (χ1) is 7.45. The van der Waals surface area contributed by atoms with Gasteiger partial charge in [0.25, 0.3) is 0 Å². The van der Waals surface area contributed by atoms with E-state index in [1.807, 2.05) is 20.8 Å². The predicted molar refractivity (Wildman–Crippen MR) is 61.9 cm³/mol. The monoisotopic (exact) mass is 233 g/mol. The largest absolute Gasteiger partial charge is 0.444 e. The fourth-order valence-electron chi connectivity index (χ4n) is 0.973. The average Bonchev–Trinajstić information content (AvgIpc) is 2.13. The summed E-state index contributed by atoms with van der Waals surface area (Å²) in [5, 5.41) is 5.78. The Morgan fingerprint density at radius 1 is 1.25 bits per heavy atom. The van der Waals surface area contributed by atoms with Crippen molar-refractivity contribution in [3.8, 4) is 0 Å². The molecule has 0 spiro atoms. The minimum atomic E-state index is -0.448. The van der Waals surface area contributed by atoms with Gasteiger partial charge in [-0.3, -0.25) is 0 Å². The number of carbonyl (C=O) groups excluding carboxylic acids is 1. The minimum absolute atomic E-state index is 0.389. The highest BCUT2D eigenvalue weighted by Gasteiger charge is 2.15. The molecule has 0 atom stereocenters. The number of amides is 1. The molecule has 0 heterocycles. The summed E-state index contributed by atoms with van der Waals surface area (Å²) in [6.45, 7) is 8.08. The van der Waals surface area contributed by atoms with Crippen molar-refractivity contribution in [2.75, 3.05) is 26.2 Å². The maximum absolute atomic E-state index is 11.2. The molecule has 0 aromatic rings. The van der Waals surface area contributed by atoms with Crippen LogP contribution in [0.1, 0.15) is 27.2 Å². The molecule has 0 bridgehead atoms. The van der Waals surface area contributed by atoms with Crippen LogP contribution in [0, 0.1) is 0 Å². The van der Waals surface area contributed by atoms with Crippen LogP contribution in [-0.4, -0.2) is 37.9 Å².